The first-order valence-corrected chi connectivity index (χ1v) is 6.88. The molecule has 0 aliphatic rings. The van der Waals surface area contributed by atoms with Crippen LogP contribution in [0.2, 0.25) is 0 Å². The summed E-state index contributed by atoms with van der Waals surface area (Å²) < 4.78 is 18.1. The van der Waals surface area contributed by atoms with E-state index in [1.54, 1.807) is 6.07 Å². The van der Waals surface area contributed by atoms with Crippen molar-refractivity contribution in [1.82, 2.24) is 10.2 Å². The quantitative estimate of drug-likeness (QED) is 0.921. The fraction of sp³-hybridized carbons (Fsp3) is 0.308. The highest BCUT2D eigenvalue weighted by Crippen LogP contribution is 2.22. The highest BCUT2D eigenvalue weighted by Gasteiger charge is 2.10. The first kappa shape index (κ1) is 14.4. The smallest absolute Gasteiger partial charge is 0.264 e. The molecule has 5 nitrogen and oxygen atoms in total. The summed E-state index contributed by atoms with van der Waals surface area (Å²) in [6, 6.07) is 5.62. The summed E-state index contributed by atoms with van der Waals surface area (Å²) in [7, 11) is 0. The van der Waals surface area contributed by atoms with Crippen molar-refractivity contribution in [1.29, 1.82) is 0 Å². The zero-order valence-electron chi connectivity index (χ0n) is 11.1. The van der Waals surface area contributed by atoms with Gasteiger partial charge in [0.1, 0.15) is 16.6 Å². The Balaban J connectivity index is 1.86. The number of amides is 1. The molecule has 2 aromatic rings. The third-order valence-electron chi connectivity index (χ3n) is 2.35. The lowest BCUT2D eigenvalue weighted by molar-refractivity contribution is -0.118. The molecule has 1 heterocycles. The molecule has 0 unspecified atom stereocenters. The average molecular weight is 295 g/mol. The third kappa shape index (κ3) is 3.99. The zero-order chi connectivity index (χ0) is 14.5. The van der Waals surface area contributed by atoms with Crippen molar-refractivity contribution in [3.63, 3.8) is 0 Å². The van der Waals surface area contributed by atoms with Gasteiger partial charge >= 0.3 is 0 Å². The van der Waals surface area contributed by atoms with Gasteiger partial charge in [0, 0.05) is 12.0 Å². The average Bonchev–Trinajstić information content (AvgIpc) is 2.85. The molecule has 0 atom stereocenters. The molecule has 1 N–H and O–H groups in total. The lowest BCUT2D eigenvalue weighted by Gasteiger charge is -2.05. The Morgan fingerprint density at radius 3 is 2.90 bits per heavy atom. The monoisotopic (exact) mass is 295 g/mol. The largest absolute Gasteiger partial charge is 0.484 e. The molecule has 7 heteroatoms. The number of nitrogens with one attached hydrogen (secondary N) is 1. The van der Waals surface area contributed by atoms with Crippen LogP contribution in [0.15, 0.2) is 24.3 Å². The van der Waals surface area contributed by atoms with Crippen LogP contribution in [-0.4, -0.2) is 22.7 Å². The predicted molar refractivity (Wildman–Crippen MR) is 74.5 cm³/mol. The van der Waals surface area contributed by atoms with Gasteiger partial charge in [-0.1, -0.05) is 31.3 Å². The number of rotatable bonds is 5. The minimum atomic E-state index is -0.409. The van der Waals surface area contributed by atoms with Crippen molar-refractivity contribution in [2.45, 2.75) is 19.8 Å². The van der Waals surface area contributed by atoms with Crippen LogP contribution in [0.25, 0.3) is 0 Å². The maximum absolute atomic E-state index is 12.9. The summed E-state index contributed by atoms with van der Waals surface area (Å²) in [6.45, 7) is 3.79. The second-order valence-electron chi connectivity index (χ2n) is 4.39. The van der Waals surface area contributed by atoms with Crippen molar-refractivity contribution in [3.05, 3.63) is 35.1 Å². The molecule has 1 aromatic carbocycles. The van der Waals surface area contributed by atoms with Crippen LogP contribution in [-0.2, 0) is 4.79 Å². The number of benzene rings is 1. The van der Waals surface area contributed by atoms with Crippen LogP contribution in [0.1, 0.15) is 24.8 Å². The molecule has 0 aliphatic carbocycles. The minimum Gasteiger partial charge on any atom is -0.484 e. The number of nitrogens with zero attached hydrogens (tertiary/aromatic N) is 2. The molecular formula is C13H14FN3O2S. The molecule has 2 rings (SSSR count). The van der Waals surface area contributed by atoms with E-state index in [2.05, 4.69) is 15.5 Å². The Morgan fingerprint density at radius 1 is 1.45 bits per heavy atom. The Bertz CT molecular complexity index is 601. The summed E-state index contributed by atoms with van der Waals surface area (Å²) in [5, 5.41) is 11.7. The summed E-state index contributed by atoms with van der Waals surface area (Å²) in [4.78, 5) is 11.7. The molecule has 0 spiro atoms. The van der Waals surface area contributed by atoms with Crippen LogP contribution < -0.4 is 10.1 Å². The lowest BCUT2D eigenvalue weighted by atomic mass is 10.2. The molecule has 0 fully saturated rings. The van der Waals surface area contributed by atoms with E-state index in [1.807, 2.05) is 13.8 Å². The van der Waals surface area contributed by atoms with Crippen LogP contribution >= 0.6 is 11.3 Å². The second kappa shape index (κ2) is 6.42. The minimum absolute atomic E-state index is 0.208. The molecule has 0 saturated heterocycles. The molecule has 0 radical (unpaired) electrons. The van der Waals surface area contributed by atoms with Gasteiger partial charge in [-0.05, 0) is 12.1 Å². The molecule has 0 saturated carbocycles. The summed E-state index contributed by atoms with van der Waals surface area (Å²) >= 11 is 1.32. The van der Waals surface area contributed by atoms with Gasteiger partial charge in [0.25, 0.3) is 5.91 Å². The van der Waals surface area contributed by atoms with E-state index in [0.29, 0.717) is 10.9 Å². The molecule has 106 valence electrons. The Kier molecular flexibility index (Phi) is 4.62. The van der Waals surface area contributed by atoms with Gasteiger partial charge in [-0.3, -0.25) is 10.1 Å². The normalized spacial score (nSPS) is 10.6. The molecule has 1 amide bonds. The molecule has 0 bridgehead atoms. The van der Waals surface area contributed by atoms with Gasteiger partial charge in [0.2, 0.25) is 5.13 Å². The number of hydrogen-bond acceptors (Lipinski definition) is 5. The first-order valence-electron chi connectivity index (χ1n) is 6.06. The van der Waals surface area contributed by atoms with E-state index in [9.17, 15) is 9.18 Å². The molecule has 20 heavy (non-hydrogen) atoms. The number of ether oxygens (including phenoxy) is 1. The number of anilines is 1. The molecule has 1 aromatic heterocycles. The highest BCUT2D eigenvalue weighted by atomic mass is 32.1. The topological polar surface area (TPSA) is 64.1 Å². The van der Waals surface area contributed by atoms with Gasteiger partial charge < -0.3 is 4.74 Å². The zero-order valence-corrected chi connectivity index (χ0v) is 11.9. The highest BCUT2D eigenvalue weighted by molar-refractivity contribution is 7.15. The van der Waals surface area contributed by atoms with Crippen molar-refractivity contribution in [2.75, 3.05) is 11.9 Å². The van der Waals surface area contributed by atoms with Crippen molar-refractivity contribution < 1.29 is 13.9 Å². The van der Waals surface area contributed by atoms with Crippen LogP contribution in [0, 0.1) is 5.82 Å². The summed E-state index contributed by atoms with van der Waals surface area (Å²) in [5.74, 6) is -0.198. The van der Waals surface area contributed by atoms with Gasteiger partial charge in [0.15, 0.2) is 6.61 Å². The lowest BCUT2D eigenvalue weighted by Crippen LogP contribution is -2.20. The summed E-state index contributed by atoms with van der Waals surface area (Å²) in [6.07, 6.45) is 0. The van der Waals surface area contributed by atoms with Crippen LogP contribution in [0.3, 0.4) is 0 Å². The number of carbonyl (C=O) groups is 1. The van der Waals surface area contributed by atoms with E-state index < -0.39 is 5.82 Å². The maximum atomic E-state index is 12.9. The van der Waals surface area contributed by atoms with E-state index in [4.69, 9.17) is 4.74 Å². The Hall–Kier alpha value is -2.02. The van der Waals surface area contributed by atoms with Crippen LogP contribution in [0.5, 0.6) is 5.75 Å². The first-order chi connectivity index (χ1) is 9.54. The fourth-order valence-electron chi connectivity index (χ4n) is 1.38. The number of halogens is 1. The Labute approximate surface area is 119 Å². The van der Waals surface area contributed by atoms with E-state index in [0.717, 1.165) is 5.01 Å². The van der Waals surface area contributed by atoms with E-state index in [-0.39, 0.29) is 18.4 Å². The second-order valence-corrected chi connectivity index (χ2v) is 5.40. The number of aromatic nitrogens is 2. The standard InChI is InChI=1S/C13H14FN3O2S/c1-8(2)12-16-17-13(20-12)15-11(18)7-19-10-5-3-4-9(14)6-10/h3-6,8H,7H2,1-2H3,(H,15,17,18). The van der Waals surface area contributed by atoms with E-state index >= 15 is 0 Å². The summed E-state index contributed by atoms with van der Waals surface area (Å²) in [5.41, 5.74) is 0. The fourth-order valence-corrected chi connectivity index (χ4v) is 2.14. The van der Waals surface area contributed by atoms with Gasteiger partial charge in [-0.2, -0.15) is 0 Å². The third-order valence-corrected chi connectivity index (χ3v) is 3.49. The Morgan fingerprint density at radius 2 is 2.25 bits per heavy atom. The predicted octanol–water partition coefficient (Wildman–Crippen LogP) is 2.82. The van der Waals surface area contributed by atoms with E-state index in [1.165, 1.54) is 29.5 Å². The number of carbonyl (C=O) groups excluding carboxylic acids is 1. The molecule has 0 aliphatic heterocycles. The van der Waals surface area contributed by atoms with Crippen molar-refractivity contribution in [2.24, 2.45) is 0 Å². The SMILES string of the molecule is CC(C)c1nnc(NC(=O)COc2cccc(F)c2)s1. The van der Waals surface area contributed by atoms with Gasteiger partial charge in [0.05, 0.1) is 0 Å². The van der Waals surface area contributed by atoms with Gasteiger partial charge in [-0.15, -0.1) is 10.2 Å². The molecular weight excluding hydrogens is 281 g/mol. The van der Waals surface area contributed by atoms with Gasteiger partial charge in [-0.25, -0.2) is 4.39 Å². The maximum Gasteiger partial charge on any atom is 0.264 e. The van der Waals surface area contributed by atoms with Crippen LogP contribution in [0.4, 0.5) is 9.52 Å². The van der Waals surface area contributed by atoms with Crippen molar-refractivity contribution >= 4 is 22.4 Å². The van der Waals surface area contributed by atoms with Crippen molar-refractivity contribution in [3.8, 4) is 5.75 Å². The number of hydrogen-bond donors (Lipinski definition) is 1.